The summed E-state index contributed by atoms with van der Waals surface area (Å²) in [4.78, 5) is 30.0. The molecule has 0 fully saturated rings. The maximum atomic E-state index is 13.1. The molecule has 3 heterocycles. The van der Waals surface area contributed by atoms with Crippen LogP contribution < -0.4 is 10.1 Å². The van der Waals surface area contributed by atoms with Gasteiger partial charge < -0.3 is 19.9 Å². The molecule has 0 saturated heterocycles. The van der Waals surface area contributed by atoms with Crippen molar-refractivity contribution in [1.82, 2.24) is 14.8 Å². The van der Waals surface area contributed by atoms with Gasteiger partial charge in [0.1, 0.15) is 29.2 Å². The number of hydrogen-bond donors (Lipinski definition) is 2. The minimum absolute atomic E-state index is 0.106. The van der Waals surface area contributed by atoms with Crippen LogP contribution in [0.4, 0.5) is 5.69 Å². The predicted molar refractivity (Wildman–Crippen MR) is 157 cm³/mol. The van der Waals surface area contributed by atoms with Crippen molar-refractivity contribution in [3.63, 3.8) is 0 Å². The minimum atomic E-state index is -0.990. The number of rotatable bonds is 11. The maximum absolute atomic E-state index is 13.1. The number of anilines is 1. The molecule has 11 heteroatoms. The zero-order valence-electron chi connectivity index (χ0n) is 23.1. The van der Waals surface area contributed by atoms with Crippen LogP contribution in [0.2, 0.25) is 0 Å². The number of fused-ring (bicyclic) bond motifs is 3. The van der Waals surface area contributed by atoms with Gasteiger partial charge in [-0.15, -0.1) is 21.5 Å². The van der Waals surface area contributed by atoms with Gasteiger partial charge in [0.15, 0.2) is 5.82 Å². The number of nitrogens with one attached hydrogen (secondary N) is 1. The molecule has 1 atom stereocenters. The van der Waals surface area contributed by atoms with Crippen LogP contribution in [0.3, 0.4) is 0 Å². The molecule has 10 nitrogen and oxygen atoms in total. The fraction of sp³-hybridized carbons (Fsp3) is 0.300. The molecule has 1 aliphatic rings. The second-order valence-corrected chi connectivity index (χ2v) is 10.9. The van der Waals surface area contributed by atoms with Gasteiger partial charge in [0.25, 0.3) is 0 Å². The number of thiophene rings is 1. The first kappa shape index (κ1) is 28.2. The van der Waals surface area contributed by atoms with Crippen LogP contribution in [0, 0.1) is 20.8 Å². The third-order valence-corrected chi connectivity index (χ3v) is 7.92. The molecule has 0 bridgehead atoms. The Balaban J connectivity index is 1.43. The first-order valence-electron chi connectivity index (χ1n) is 13.3. The van der Waals surface area contributed by atoms with E-state index in [4.69, 9.17) is 19.6 Å². The van der Waals surface area contributed by atoms with Crippen LogP contribution in [0.5, 0.6) is 5.75 Å². The van der Waals surface area contributed by atoms with E-state index in [2.05, 4.69) is 29.4 Å². The van der Waals surface area contributed by atoms with E-state index < -0.39 is 12.0 Å². The van der Waals surface area contributed by atoms with Crippen molar-refractivity contribution in [1.29, 1.82) is 0 Å². The maximum Gasteiger partial charge on any atom is 0.329 e. The van der Waals surface area contributed by atoms with Crippen molar-refractivity contribution in [2.24, 2.45) is 4.99 Å². The number of nitrogens with zero attached hydrogens (tertiary/aromatic N) is 4. The summed E-state index contributed by atoms with van der Waals surface area (Å²) in [5.74, 6) is 0.907. The van der Waals surface area contributed by atoms with E-state index in [1.54, 1.807) is 11.3 Å². The molecule has 2 aromatic heterocycles. The van der Waals surface area contributed by atoms with Crippen LogP contribution >= 0.6 is 11.3 Å². The normalized spacial score (nSPS) is 14.0. The van der Waals surface area contributed by atoms with Gasteiger partial charge in [0, 0.05) is 28.1 Å². The number of carboxylic acid groups (broad SMARTS) is 1. The van der Waals surface area contributed by atoms with E-state index in [9.17, 15) is 9.59 Å². The molecule has 1 unspecified atom stereocenters. The number of hydrogen-bond acceptors (Lipinski definition) is 8. The Hall–Kier alpha value is -4.35. The van der Waals surface area contributed by atoms with E-state index in [-0.39, 0.29) is 18.9 Å². The van der Waals surface area contributed by atoms with Gasteiger partial charge in [-0.05, 0) is 62.7 Å². The largest absolute Gasteiger partial charge is 0.494 e. The summed E-state index contributed by atoms with van der Waals surface area (Å²) in [6.07, 6.45) is 0.679. The Bertz CT molecular complexity index is 1580. The molecular weight excluding hydrogens is 542 g/mol. The second-order valence-electron chi connectivity index (χ2n) is 9.69. The van der Waals surface area contributed by atoms with E-state index in [1.807, 2.05) is 66.1 Å². The number of amides is 1. The fourth-order valence-corrected chi connectivity index (χ4v) is 5.87. The van der Waals surface area contributed by atoms with Crippen molar-refractivity contribution in [2.75, 3.05) is 25.1 Å². The van der Waals surface area contributed by atoms with Crippen LogP contribution in [0.1, 0.15) is 52.1 Å². The highest BCUT2D eigenvalue weighted by molar-refractivity contribution is 7.15. The zero-order chi connectivity index (χ0) is 28.9. The SMILES string of the molecule is Cc1sc2c(c1C)C(c1ccc(OCCCOCC(=O)O)cc1)=NC(CC(=O)Nc1ccccc1)c1nnc(C)n1-2. The lowest BCUT2D eigenvalue weighted by Gasteiger charge is -2.13. The van der Waals surface area contributed by atoms with Crippen LogP contribution in [0.25, 0.3) is 5.00 Å². The van der Waals surface area contributed by atoms with Crippen molar-refractivity contribution in [2.45, 2.75) is 39.7 Å². The smallest absolute Gasteiger partial charge is 0.329 e. The van der Waals surface area contributed by atoms with Gasteiger partial charge in [0.2, 0.25) is 5.91 Å². The average molecular weight is 574 g/mol. The molecule has 2 aromatic carbocycles. The van der Waals surface area contributed by atoms with E-state index in [0.717, 1.165) is 38.9 Å². The Kier molecular flexibility index (Phi) is 8.55. The number of aliphatic imine (C=N–C) groups is 1. The van der Waals surface area contributed by atoms with Gasteiger partial charge in [0.05, 0.1) is 25.3 Å². The zero-order valence-corrected chi connectivity index (χ0v) is 23.9. The molecule has 0 aliphatic carbocycles. The molecule has 0 radical (unpaired) electrons. The highest BCUT2D eigenvalue weighted by Crippen LogP contribution is 2.39. The molecule has 0 saturated carbocycles. The van der Waals surface area contributed by atoms with E-state index >= 15 is 0 Å². The highest BCUT2D eigenvalue weighted by Gasteiger charge is 2.32. The highest BCUT2D eigenvalue weighted by atomic mass is 32.1. The lowest BCUT2D eigenvalue weighted by Crippen LogP contribution is -2.17. The molecule has 212 valence electrons. The number of aromatic nitrogens is 3. The molecule has 41 heavy (non-hydrogen) atoms. The van der Waals surface area contributed by atoms with Gasteiger partial charge in [-0.3, -0.25) is 14.4 Å². The summed E-state index contributed by atoms with van der Waals surface area (Å²) in [5.41, 5.74) is 4.54. The summed E-state index contributed by atoms with van der Waals surface area (Å²) in [6, 6.07) is 16.5. The van der Waals surface area contributed by atoms with E-state index in [1.165, 1.54) is 4.88 Å². The number of carboxylic acids is 1. The van der Waals surface area contributed by atoms with Gasteiger partial charge in [-0.1, -0.05) is 18.2 Å². The Morgan fingerprint density at radius 3 is 2.51 bits per heavy atom. The van der Waals surface area contributed by atoms with E-state index in [0.29, 0.717) is 31.2 Å². The van der Waals surface area contributed by atoms with Crippen molar-refractivity contribution in [3.05, 3.63) is 87.8 Å². The number of ether oxygens (including phenoxy) is 2. The second kappa shape index (κ2) is 12.4. The third kappa shape index (κ3) is 6.36. The molecule has 0 spiro atoms. The van der Waals surface area contributed by atoms with Gasteiger partial charge in [-0.2, -0.15) is 0 Å². The monoisotopic (exact) mass is 573 g/mol. The topological polar surface area (TPSA) is 128 Å². The van der Waals surface area contributed by atoms with Gasteiger partial charge in [-0.25, -0.2) is 4.79 Å². The van der Waals surface area contributed by atoms with Crippen molar-refractivity contribution >= 4 is 34.6 Å². The number of para-hydroxylation sites is 1. The molecular formula is C30H31N5O5S. The minimum Gasteiger partial charge on any atom is -0.494 e. The van der Waals surface area contributed by atoms with Crippen LogP contribution in [0.15, 0.2) is 59.6 Å². The number of carbonyl (C=O) groups is 2. The average Bonchev–Trinajstić information content (AvgIpc) is 3.43. The molecule has 4 aromatic rings. The first-order valence-corrected chi connectivity index (χ1v) is 14.1. The summed E-state index contributed by atoms with van der Waals surface area (Å²) < 4.78 is 12.9. The third-order valence-electron chi connectivity index (χ3n) is 6.73. The summed E-state index contributed by atoms with van der Waals surface area (Å²) in [7, 11) is 0. The number of aliphatic carboxylic acids is 1. The van der Waals surface area contributed by atoms with Crippen molar-refractivity contribution < 1.29 is 24.2 Å². The lowest BCUT2D eigenvalue weighted by molar-refractivity contribution is -0.142. The Morgan fingerprint density at radius 1 is 1.02 bits per heavy atom. The number of aryl methyl sites for hydroxylation is 2. The first-order chi connectivity index (χ1) is 19.8. The Morgan fingerprint density at radius 2 is 1.78 bits per heavy atom. The number of carbonyl (C=O) groups excluding carboxylic acids is 1. The van der Waals surface area contributed by atoms with Crippen LogP contribution in [-0.4, -0.2) is 57.3 Å². The lowest BCUT2D eigenvalue weighted by atomic mass is 9.99. The fourth-order valence-electron chi connectivity index (χ4n) is 4.65. The summed E-state index contributed by atoms with van der Waals surface area (Å²) >= 11 is 1.66. The molecule has 1 aliphatic heterocycles. The molecule has 2 N–H and O–H groups in total. The van der Waals surface area contributed by atoms with Gasteiger partial charge >= 0.3 is 5.97 Å². The number of benzene rings is 2. The predicted octanol–water partition coefficient (Wildman–Crippen LogP) is 5.05. The Labute approximate surface area is 241 Å². The summed E-state index contributed by atoms with van der Waals surface area (Å²) in [6.45, 7) is 6.49. The summed E-state index contributed by atoms with van der Waals surface area (Å²) in [5, 5.41) is 21.4. The standard InChI is InChI=1S/C30H31N5O5S/c1-18-19(2)41-30-27(18)28(21-10-12-23(13-11-21)40-15-7-14-39-17-26(37)38)32-24(29-34-33-20(3)35(29)30)16-25(36)31-22-8-5-4-6-9-22/h4-6,8-13,24H,7,14-17H2,1-3H3,(H,31,36)(H,37,38). The molecule has 5 rings (SSSR count). The van der Waals surface area contributed by atoms with Crippen molar-refractivity contribution in [3.8, 4) is 10.8 Å². The van der Waals surface area contributed by atoms with Crippen LogP contribution in [-0.2, 0) is 14.3 Å². The quantitative estimate of drug-likeness (QED) is 0.241. The molecule has 1 amide bonds.